The first-order valence-corrected chi connectivity index (χ1v) is 4.85. The van der Waals surface area contributed by atoms with Crippen LogP contribution >= 0.6 is 0 Å². The van der Waals surface area contributed by atoms with E-state index in [2.05, 4.69) is 11.9 Å². The summed E-state index contributed by atoms with van der Waals surface area (Å²) in [7, 11) is 0. The minimum absolute atomic E-state index is 0.215. The molecule has 0 bridgehead atoms. The highest BCUT2D eigenvalue weighted by Crippen LogP contribution is 1.98. The molecule has 0 radical (unpaired) electrons. The molecule has 1 N–H and O–H groups in total. The first-order chi connectivity index (χ1) is 7.34. The van der Waals surface area contributed by atoms with Crippen molar-refractivity contribution < 1.29 is 13.9 Å². The van der Waals surface area contributed by atoms with E-state index in [0.717, 1.165) is 6.42 Å². The summed E-state index contributed by atoms with van der Waals surface area (Å²) >= 11 is 0. The van der Waals surface area contributed by atoms with E-state index in [4.69, 9.17) is 9.15 Å². The fourth-order valence-electron chi connectivity index (χ4n) is 1.00. The highest BCUT2D eigenvalue weighted by molar-refractivity contribution is 5.91. The number of nitrogens with one attached hydrogen (secondary N) is 1. The number of amides is 1. The van der Waals surface area contributed by atoms with Crippen molar-refractivity contribution in [3.8, 4) is 0 Å². The van der Waals surface area contributed by atoms with E-state index < -0.39 is 0 Å². The zero-order chi connectivity index (χ0) is 10.9. The zero-order valence-corrected chi connectivity index (χ0v) is 8.57. The molecule has 1 heterocycles. The van der Waals surface area contributed by atoms with E-state index in [9.17, 15) is 4.79 Å². The van der Waals surface area contributed by atoms with Gasteiger partial charge < -0.3 is 14.5 Å². The van der Waals surface area contributed by atoms with Crippen LogP contribution in [-0.4, -0.2) is 25.7 Å². The van der Waals surface area contributed by atoms with Crippen LogP contribution in [0.4, 0.5) is 0 Å². The molecule has 82 valence electrons. The molecule has 0 aliphatic heterocycles. The van der Waals surface area contributed by atoms with Crippen LogP contribution in [0.1, 0.15) is 17.0 Å². The standard InChI is InChI=1S/C11H15NO3/c1-2-3-7-14-9-6-12-11(13)10-5-4-8-15-10/h2,4-5,8H,1,3,6-7,9H2,(H,12,13). The van der Waals surface area contributed by atoms with Gasteiger partial charge >= 0.3 is 0 Å². The van der Waals surface area contributed by atoms with Gasteiger partial charge in [0.2, 0.25) is 0 Å². The van der Waals surface area contributed by atoms with Crippen molar-refractivity contribution in [1.29, 1.82) is 0 Å². The van der Waals surface area contributed by atoms with Crippen molar-refractivity contribution in [3.05, 3.63) is 36.8 Å². The average Bonchev–Trinajstić information content (AvgIpc) is 2.76. The monoisotopic (exact) mass is 209 g/mol. The van der Waals surface area contributed by atoms with Gasteiger partial charge in [-0.2, -0.15) is 0 Å². The Hall–Kier alpha value is -1.55. The quantitative estimate of drug-likeness (QED) is 0.548. The van der Waals surface area contributed by atoms with Crippen LogP contribution in [0.15, 0.2) is 35.5 Å². The Bertz CT molecular complexity index is 293. The largest absolute Gasteiger partial charge is 0.459 e. The van der Waals surface area contributed by atoms with Gasteiger partial charge in [-0.05, 0) is 18.6 Å². The summed E-state index contributed by atoms with van der Waals surface area (Å²) in [6, 6.07) is 3.30. The lowest BCUT2D eigenvalue weighted by atomic mass is 10.4. The molecule has 0 unspecified atom stereocenters. The summed E-state index contributed by atoms with van der Waals surface area (Å²) < 4.78 is 10.1. The molecule has 0 atom stereocenters. The Morgan fingerprint density at radius 3 is 3.13 bits per heavy atom. The molecule has 4 nitrogen and oxygen atoms in total. The van der Waals surface area contributed by atoms with Gasteiger partial charge in [-0.1, -0.05) is 6.08 Å². The second-order valence-electron chi connectivity index (χ2n) is 2.92. The van der Waals surface area contributed by atoms with E-state index in [1.165, 1.54) is 6.26 Å². The van der Waals surface area contributed by atoms with Crippen molar-refractivity contribution in [2.45, 2.75) is 6.42 Å². The lowest BCUT2D eigenvalue weighted by Crippen LogP contribution is -2.26. The lowest BCUT2D eigenvalue weighted by molar-refractivity contribution is 0.0891. The molecular weight excluding hydrogens is 194 g/mol. The van der Waals surface area contributed by atoms with Crippen molar-refractivity contribution in [2.24, 2.45) is 0 Å². The first-order valence-electron chi connectivity index (χ1n) is 4.85. The van der Waals surface area contributed by atoms with E-state index in [0.29, 0.717) is 25.5 Å². The molecule has 0 aliphatic carbocycles. The minimum Gasteiger partial charge on any atom is -0.459 e. The van der Waals surface area contributed by atoms with Crippen molar-refractivity contribution in [3.63, 3.8) is 0 Å². The number of ether oxygens (including phenoxy) is 1. The normalized spacial score (nSPS) is 9.87. The van der Waals surface area contributed by atoms with Crippen LogP contribution in [0, 0.1) is 0 Å². The third kappa shape index (κ3) is 4.46. The fraction of sp³-hybridized carbons (Fsp3) is 0.364. The van der Waals surface area contributed by atoms with Crippen molar-refractivity contribution in [1.82, 2.24) is 5.32 Å². The predicted octanol–water partition coefficient (Wildman–Crippen LogP) is 1.60. The Morgan fingerprint density at radius 2 is 2.47 bits per heavy atom. The van der Waals surface area contributed by atoms with Gasteiger partial charge in [0.1, 0.15) is 0 Å². The molecule has 15 heavy (non-hydrogen) atoms. The smallest absolute Gasteiger partial charge is 0.287 e. The van der Waals surface area contributed by atoms with Crippen molar-refractivity contribution >= 4 is 5.91 Å². The van der Waals surface area contributed by atoms with Crippen LogP contribution < -0.4 is 5.32 Å². The summed E-state index contributed by atoms with van der Waals surface area (Å²) in [5.74, 6) is 0.105. The van der Waals surface area contributed by atoms with Gasteiger partial charge in [0.25, 0.3) is 5.91 Å². The highest BCUT2D eigenvalue weighted by atomic mass is 16.5. The summed E-state index contributed by atoms with van der Waals surface area (Å²) in [4.78, 5) is 11.3. The van der Waals surface area contributed by atoms with Gasteiger partial charge in [-0.25, -0.2) is 0 Å². The van der Waals surface area contributed by atoms with Gasteiger partial charge in [-0.15, -0.1) is 6.58 Å². The summed E-state index contributed by atoms with van der Waals surface area (Å²) in [5.41, 5.74) is 0. The number of hydrogen-bond acceptors (Lipinski definition) is 3. The zero-order valence-electron chi connectivity index (χ0n) is 8.57. The lowest BCUT2D eigenvalue weighted by Gasteiger charge is -2.03. The number of carbonyl (C=O) groups excluding carboxylic acids is 1. The second-order valence-corrected chi connectivity index (χ2v) is 2.92. The maximum Gasteiger partial charge on any atom is 0.287 e. The summed E-state index contributed by atoms with van der Waals surface area (Å²) in [5, 5.41) is 2.68. The predicted molar refractivity (Wildman–Crippen MR) is 56.7 cm³/mol. The third-order valence-electron chi connectivity index (χ3n) is 1.74. The van der Waals surface area contributed by atoms with E-state index in [1.54, 1.807) is 18.2 Å². The Labute approximate surface area is 88.9 Å². The topological polar surface area (TPSA) is 51.5 Å². The third-order valence-corrected chi connectivity index (χ3v) is 1.74. The Balaban J connectivity index is 2.05. The van der Waals surface area contributed by atoms with Gasteiger partial charge in [-0.3, -0.25) is 4.79 Å². The minimum atomic E-state index is -0.215. The molecule has 0 saturated carbocycles. The molecular formula is C11H15NO3. The molecule has 0 spiro atoms. The molecule has 0 aliphatic rings. The van der Waals surface area contributed by atoms with Gasteiger partial charge in [0.05, 0.1) is 19.5 Å². The highest BCUT2D eigenvalue weighted by Gasteiger charge is 2.06. The molecule has 0 saturated heterocycles. The van der Waals surface area contributed by atoms with Crippen LogP contribution in [0.3, 0.4) is 0 Å². The Morgan fingerprint density at radius 1 is 1.60 bits per heavy atom. The molecule has 1 rings (SSSR count). The molecule has 1 aromatic heterocycles. The van der Waals surface area contributed by atoms with Crippen LogP contribution in [-0.2, 0) is 4.74 Å². The molecule has 1 aromatic rings. The average molecular weight is 209 g/mol. The van der Waals surface area contributed by atoms with Gasteiger partial charge in [0, 0.05) is 6.54 Å². The van der Waals surface area contributed by atoms with Crippen LogP contribution in [0.5, 0.6) is 0 Å². The Kier molecular flexibility index (Phi) is 5.25. The molecule has 0 aromatic carbocycles. The van der Waals surface area contributed by atoms with Crippen LogP contribution in [0.25, 0.3) is 0 Å². The van der Waals surface area contributed by atoms with Gasteiger partial charge in [0.15, 0.2) is 5.76 Å². The van der Waals surface area contributed by atoms with Crippen LogP contribution in [0.2, 0.25) is 0 Å². The number of hydrogen-bond donors (Lipinski definition) is 1. The number of rotatable bonds is 7. The van der Waals surface area contributed by atoms with Crippen molar-refractivity contribution in [2.75, 3.05) is 19.8 Å². The van der Waals surface area contributed by atoms with E-state index in [1.807, 2.05) is 0 Å². The SMILES string of the molecule is C=CCCOCCNC(=O)c1ccco1. The molecule has 4 heteroatoms. The van der Waals surface area contributed by atoms with E-state index in [-0.39, 0.29) is 5.91 Å². The summed E-state index contributed by atoms with van der Waals surface area (Å²) in [6.45, 7) is 5.20. The second kappa shape index (κ2) is 6.84. The molecule has 1 amide bonds. The summed E-state index contributed by atoms with van der Waals surface area (Å²) in [6.07, 6.45) is 4.09. The number of carbonyl (C=O) groups is 1. The maximum atomic E-state index is 11.3. The number of furan rings is 1. The first kappa shape index (κ1) is 11.5. The van der Waals surface area contributed by atoms with E-state index >= 15 is 0 Å². The maximum absolute atomic E-state index is 11.3. The fourth-order valence-corrected chi connectivity index (χ4v) is 1.00. The molecule has 0 fully saturated rings.